The van der Waals surface area contributed by atoms with Crippen LogP contribution >= 0.6 is 0 Å². The summed E-state index contributed by atoms with van der Waals surface area (Å²) in [6.45, 7) is 10.8. The van der Waals surface area contributed by atoms with E-state index in [4.69, 9.17) is 0 Å². The number of hydrogen-bond acceptors (Lipinski definition) is 3. The van der Waals surface area contributed by atoms with Crippen LogP contribution in [0.25, 0.3) is 0 Å². The fourth-order valence-corrected chi connectivity index (χ4v) is 5.02. The van der Waals surface area contributed by atoms with Gasteiger partial charge in [0.25, 0.3) is 0 Å². The van der Waals surface area contributed by atoms with Gasteiger partial charge in [-0.25, -0.2) is 4.39 Å². The highest BCUT2D eigenvalue weighted by molar-refractivity contribution is 5.94. The molecule has 1 aliphatic heterocycles. The molecule has 1 saturated heterocycles. The van der Waals surface area contributed by atoms with Crippen molar-refractivity contribution in [3.05, 3.63) is 106 Å². The zero-order valence-corrected chi connectivity index (χ0v) is 20.0. The van der Waals surface area contributed by atoms with E-state index in [9.17, 15) is 9.18 Å². The standard InChI is InChI=1S/C29H33FN2O/c1-20-8-5-11-26(14-20)29(27-12-7-10-25(16-27)23(4)33)32-18-21(2)31(17-22(32)3)19-24-9-6-13-28(30)15-24/h5-16,21-22,29H,17-19H2,1-4H3. The lowest BCUT2D eigenvalue weighted by Gasteiger charge is -2.48. The zero-order chi connectivity index (χ0) is 23.5. The second-order valence-corrected chi connectivity index (χ2v) is 9.45. The largest absolute Gasteiger partial charge is 0.295 e. The Hall–Kier alpha value is -2.82. The predicted octanol–water partition coefficient (Wildman–Crippen LogP) is 6.02. The van der Waals surface area contributed by atoms with Crippen LogP contribution in [-0.2, 0) is 6.54 Å². The molecule has 0 radical (unpaired) electrons. The first-order valence-corrected chi connectivity index (χ1v) is 11.7. The maximum absolute atomic E-state index is 13.7. The number of carbonyl (C=O) groups excluding carboxylic acids is 1. The van der Waals surface area contributed by atoms with Crippen LogP contribution < -0.4 is 0 Å². The third-order valence-corrected chi connectivity index (χ3v) is 6.74. The van der Waals surface area contributed by atoms with Crippen molar-refractivity contribution in [1.29, 1.82) is 0 Å². The van der Waals surface area contributed by atoms with Gasteiger partial charge in [-0.05, 0) is 62.6 Å². The maximum atomic E-state index is 13.7. The van der Waals surface area contributed by atoms with Gasteiger partial charge in [-0.15, -0.1) is 0 Å². The van der Waals surface area contributed by atoms with Gasteiger partial charge in [0.15, 0.2) is 5.78 Å². The van der Waals surface area contributed by atoms with Crippen molar-refractivity contribution in [3.8, 4) is 0 Å². The summed E-state index contributed by atoms with van der Waals surface area (Å²) in [5.74, 6) is -0.0992. The van der Waals surface area contributed by atoms with Gasteiger partial charge in [-0.1, -0.05) is 60.2 Å². The molecule has 0 bridgehead atoms. The van der Waals surface area contributed by atoms with E-state index in [2.05, 4.69) is 60.9 Å². The van der Waals surface area contributed by atoms with Crippen molar-refractivity contribution in [1.82, 2.24) is 9.80 Å². The molecule has 1 fully saturated rings. The summed E-state index contributed by atoms with van der Waals surface area (Å²) in [7, 11) is 0. The predicted molar refractivity (Wildman–Crippen MR) is 132 cm³/mol. The molecule has 3 aromatic carbocycles. The molecule has 0 aromatic heterocycles. The minimum absolute atomic E-state index is 0.0676. The number of Topliss-reactive ketones (excluding diaryl/α,β-unsaturated/α-hetero) is 1. The molecule has 3 unspecified atom stereocenters. The topological polar surface area (TPSA) is 23.6 Å². The summed E-state index contributed by atoms with van der Waals surface area (Å²) in [5, 5.41) is 0. The molecule has 3 atom stereocenters. The van der Waals surface area contributed by atoms with Crippen molar-refractivity contribution >= 4 is 5.78 Å². The van der Waals surface area contributed by atoms with Gasteiger partial charge in [-0.2, -0.15) is 0 Å². The lowest BCUT2D eigenvalue weighted by molar-refractivity contribution is 0.0195. The van der Waals surface area contributed by atoms with E-state index in [-0.39, 0.29) is 17.6 Å². The summed E-state index contributed by atoms with van der Waals surface area (Å²) in [6.07, 6.45) is 0. The quantitative estimate of drug-likeness (QED) is 0.434. The van der Waals surface area contributed by atoms with E-state index in [1.807, 2.05) is 24.3 Å². The number of carbonyl (C=O) groups is 1. The van der Waals surface area contributed by atoms with E-state index >= 15 is 0 Å². The average molecular weight is 445 g/mol. The van der Waals surface area contributed by atoms with Crippen LogP contribution in [0.3, 0.4) is 0 Å². The van der Waals surface area contributed by atoms with Gasteiger partial charge in [0, 0.05) is 37.3 Å². The number of rotatable bonds is 6. The van der Waals surface area contributed by atoms with Gasteiger partial charge in [-0.3, -0.25) is 14.6 Å². The molecule has 0 amide bonds. The SMILES string of the molecule is CC(=O)c1cccc(C(c2cccc(C)c2)N2CC(C)N(Cc3cccc(F)c3)CC2C)c1. The van der Waals surface area contributed by atoms with Gasteiger partial charge >= 0.3 is 0 Å². The minimum Gasteiger partial charge on any atom is -0.295 e. The molecule has 33 heavy (non-hydrogen) atoms. The normalized spacial score (nSPS) is 20.5. The van der Waals surface area contributed by atoms with Gasteiger partial charge in [0.1, 0.15) is 5.82 Å². The lowest BCUT2D eigenvalue weighted by atomic mass is 9.91. The smallest absolute Gasteiger partial charge is 0.159 e. The minimum atomic E-state index is -0.184. The summed E-state index contributed by atoms with van der Waals surface area (Å²) in [4.78, 5) is 17.1. The van der Waals surface area contributed by atoms with E-state index in [0.29, 0.717) is 12.1 Å². The molecule has 3 nitrogen and oxygen atoms in total. The second-order valence-electron chi connectivity index (χ2n) is 9.45. The summed E-state index contributed by atoms with van der Waals surface area (Å²) < 4.78 is 13.7. The fourth-order valence-electron chi connectivity index (χ4n) is 5.02. The van der Waals surface area contributed by atoms with Crippen molar-refractivity contribution in [2.24, 2.45) is 0 Å². The van der Waals surface area contributed by atoms with Crippen LogP contribution in [0.4, 0.5) is 4.39 Å². The molecule has 0 saturated carbocycles. The molecule has 1 aliphatic rings. The molecule has 0 aliphatic carbocycles. The number of nitrogens with zero attached hydrogens (tertiary/aromatic N) is 2. The average Bonchev–Trinajstić information content (AvgIpc) is 2.77. The van der Waals surface area contributed by atoms with Crippen LogP contribution in [0.1, 0.15) is 59.4 Å². The zero-order valence-electron chi connectivity index (χ0n) is 20.0. The van der Waals surface area contributed by atoms with Gasteiger partial charge in [0.05, 0.1) is 6.04 Å². The van der Waals surface area contributed by atoms with E-state index in [1.165, 1.54) is 17.2 Å². The Labute approximate surface area is 196 Å². The second kappa shape index (κ2) is 9.98. The van der Waals surface area contributed by atoms with Crippen molar-refractivity contribution in [2.45, 2.75) is 52.4 Å². The van der Waals surface area contributed by atoms with Crippen LogP contribution in [0.2, 0.25) is 0 Å². The number of piperazine rings is 1. The van der Waals surface area contributed by atoms with E-state index in [0.717, 1.165) is 36.3 Å². The number of aryl methyl sites for hydroxylation is 1. The number of hydrogen-bond donors (Lipinski definition) is 0. The third-order valence-electron chi connectivity index (χ3n) is 6.74. The highest BCUT2D eigenvalue weighted by Crippen LogP contribution is 2.34. The Morgan fingerprint density at radius 3 is 2.33 bits per heavy atom. The fraction of sp³-hybridized carbons (Fsp3) is 0.345. The number of benzene rings is 3. The first-order valence-electron chi connectivity index (χ1n) is 11.7. The molecule has 172 valence electrons. The Morgan fingerprint density at radius 2 is 1.64 bits per heavy atom. The van der Waals surface area contributed by atoms with Crippen molar-refractivity contribution in [3.63, 3.8) is 0 Å². The third kappa shape index (κ3) is 5.40. The molecule has 4 heteroatoms. The number of halogens is 1. The summed E-state index contributed by atoms with van der Waals surface area (Å²) >= 11 is 0. The first-order chi connectivity index (χ1) is 15.8. The van der Waals surface area contributed by atoms with E-state index < -0.39 is 0 Å². The molecular weight excluding hydrogens is 411 g/mol. The Kier molecular flexibility index (Phi) is 7.06. The van der Waals surface area contributed by atoms with Gasteiger partial charge < -0.3 is 0 Å². The molecule has 3 aromatic rings. The highest BCUT2D eigenvalue weighted by atomic mass is 19.1. The maximum Gasteiger partial charge on any atom is 0.159 e. The first kappa shape index (κ1) is 23.3. The highest BCUT2D eigenvalue weighted by Gasteiger charge is 2.35. The Balaban J connectivity index is 1.65. The van der Waals surface area contributed by atoms with Crippen LogP contribution in [-0.4, -0.2) is 40.8 Å². The summed E-state index contributed by atoms with van der Waals surface area (Å²) in [6, 6.07) is 24.3. The Morgan fingerprint density at radius 1 is 0.939 bits per heavy atom. The lowest BCUT2D eigenvalue weighted by Crippen LogP contribution is -2.56. The molecule has 0 N–H and O–H groups in total. The van der Waals surface area contributed by atoms with Crippen LogP contribution in [0, 0.1) is 12.7 Å². The van der Waals surface area contributed by atoms with Crippen LogP contribution in [0.15, 0.2) is 72.8 Å². The molecular formula is C29H33FN2O. The number of ketones is 1. The monoisotopic (exact) mass is 444 g/mol. The van der Waals surface area contributed by atoms with Crippen LogP contribution in [0.5, 0.6) is 0 Å². The van der Waals surface area contributed by atoms with Gasteiger partial charge in [0.2, 0.25) is 0 Å². The molecule has 1 heterocycles. The van der Waals surface area contributed by atoms with E-state index in [1.54, 1.807) is 19.1 Å². The Bertz CT molecular complexity index is 1130. The van der Waals surface area contributed by atoms with Crippen molar-refractivity contribution < 1.29 is 9.18 Å². The summed E-state index contributed by atoms with van der Waals surface area (Å²) in [5.41, 5.74) is 5.37. The molecule has 0 spiro atoms. The van der Waals surface area contributed by atoms with Crippen molar-refractivity contribution in [2.75, 3.05) is 13.1 Å². The molecule has 4 rings (SSSR count).